The van der Waals surface area contributed by atoms with Crippen LogP contribution in [0.5, 0.6) is 0 Å². The second kappa shape index (κ2) is 6.95. The second-order valence-corrected chi connectivity index (χ2v) is 8.80. The molecule has 0 saturated heterocycles. The highest BCUT2D eigenvalue weighted by molar-refractivity contribution is 5.98. The molecule has 0 N–H and O–H groups in total. The van der Waals surface area contributed by atoms with Gasteiger partial charge in [0.25, 0.3) is 0 Å². The van der Waals surface area contributed by atoms with Crippen molar-refractivity contribution in [3.63, 3.8) is 0 Å². The minimum absolute atomic E-state index is 0.0844. The quantitative estimate of drug-likeness (QED) is 0.276. The number of para-hydroxylation sites is 2. The predicted molar refractivity (Wildman–Crippen MR) is 119 cm³/mol. The average molecular weight is 432 g/mol. The highest BCUT2D eigenvalue weighted by atomic mass is 19.4. The molecular formula is C25H19F3N4. The van der Waals surface area contributed by atoms with E-state index in [4.69, 9.17) is 0 Å². The summed E-state index contributed by atoms with van der Waals surface area (Å²) in [6.07, 6.45) is -4.69. The maximum Gasteiger partial charge on any atom is 0.437 e. The number of hydrogen-bond donors (Lipinski definition) is 0. The van der Waals surface area contributed by atoms with Gasteiger partial charge in [-0.15, -0.1) is 10.2 Å². The molecule has 32 heavy (non-hydrogen) atoms. The third kappa shape index (κ3) is 3.34. The molecule has 0 aliphatic heterocycles. The Bertz CT molecular complexity index is 1500. The summed E-state index contributed by atoms with van der Waals surface area (Å²) in [5.41, 5.74) is 1.33. The van der Waals surface area contributed by atoms with Gasteiger partial charge >= 0.3 is 6.18 Å². The first kappa shape index (κ1) is 20.3. The van der Waals surface area contributed by atoms with Crippen molar-refractivity contribution in [2.45, 2.75) is 32.4 Å². The molecule has 0 aliphatic carbocycles. The third-order valence-corrected chi connectivity index (χ3v) is 5.48. The fourth-order valence-corrected chi connectivity index (χ4v) is 3.98. The van der Waals surface area contributed by atoms with E-state index in [1.165, 1.54) is 0 Å². The van der Waals surface area contributed by atoms with Gasteiger partial charge in [0.15, 0.2) is 5.69 Å². The van der Waals surface area contributed by atoms with E-state index in [0.717, 1.165) is 16.3 Å². The van der Waals surface area contributed by atoms with Crippen LogP contribution in [0.4, 0.5) is 13.2 Å². The third-order valence-electron chi connectivity index (χ3n) is 5.48. The second-order valence-electron chi connectivity index (χ2n) is 8.80. The van der Waals surface area contributed by atoms with Crippen molar-refractivity contribution >= 4 is 32.8 Å². The van der Waals surface area contributed by atoms with E-state index in [1.807, 2.05) is 36.4 Å². The normalized spacial score (nSPS) is 12.7. The van der Waals surface area contributed by atoms with Gasteiger partial charge in [0.1, 0.15) is 16.7 Å². The van der Waals surface area contributed by atoms with Crippen LogP contribution in [0.15, 0.2) is 60.7 Å². The average Bonchev–Trinajstić information content (AvgIpc) is 2.74. The van der Waals surface area contributed by atoms with E-state index < -0.39 is 11.9 Å². The van der Waals surface area contributed by atoms with Gasteiger partial charge in [0, 0.05) is 5.56 Å². The Morgan fingerprint density at radius 2 is 1.34 bits per heavy atom. The summed E-state index contributed by atoms with van der Waals surface area (Å²) in [7, 11) is 0. The SMILES string of the molecule is CC(C)(C)c1cc(-c2nnc(C(F)(F)F)c3nc4ccccc4nc23)cc2ccccc12. The Morgan fingerprint density at radius 1 is 0.719 bits per heavy atom. The van der Waals surface area contributed by atoms with Crippen molar-refractivity contribution in [2.75, 3.05) is 0 Å². The van der Waals surface area contributed by atoms with Crippen LogP contribution in [0.1, 0.15) is 32.0 Å². The number of aromatic nitrogens is 4. The monoisotopic (exact) mass is 432 g/mol. The number of rotatable bonds is 1. The fourth-order valence-electron chi connectivity index (χ4n) is 3.98. The molecule has 0 bridgehead atoms. The minimum atomic E-state index is -4.69. The van der Waals surface area contributed by atoms with Crippen molar-refractivity contribution in [3.8, 4) is 11.3 Å². The van der Waals surface area contributed by atoms with E-state index in [9.17, 15) is 13.2 Å². The molecule has 0 radical (unpaired) electrons. The summed E-state index contributed by atoms with van der Waals surface area (Å²) >= 11 is 0. The summed E-state index contributed by atoms with van der Waals surface area (Å²) in [5, 5.41) is 9.62. The molecule has 4 nitrogen and oxygen atoms in total. The summed E-state index contributed by atoms with van der Waals surface area (Å²) in [5.74, 6) is 0. The zero-order valence-electron chi connectivity index (χ0n) is 17.7. The highest BCUT2D eigenvalue weighted by Gasteiger charge is 2.37. The first-order valence-electron chi connectivity index (χ1n) is 10.2. The van der Waals surface area contributed by atoms with E-state index in [1.54, 1.807) is 24.3 Å². The van der Waals surface area contributed by atoms with Gasteiger partial charge in [-0.25, -0.2) is 9.97 Å². The number of fused-ring (bicyclic) bond motifs is 3. The van der Waals surface area contributed by atoms with Crippen molar-refractivity contribution < 1.29 is 13.2 Å². The molecule has 0 fully saturated rings. The maximum atomic E-state index is 13.7. The molecular weight excluding hydrogens is 413 g/mol. The summed E-state index contributed by atoms with van der Waals surface area (Å²) in [6, 6.07) is 18.7. The molecule has 7 heteroatoms. The fraction of sp³-hybridized carbons (Fsp3) is 0.200. The van der Waals surface area contributed by atoms with Crippen LogP contribution in [-0.2, 0) is 11.6 Å². The summed E-state index contributed by atoms with van der Waals surface area (Å²) < 4.78 is 41.1. The molecule has 0 atom stereocenters. The van der Waals surface area contributed by atoms with E-state index in [0.29, 0.717) is 16.6 Å². The zero-order chi connectivity index (χ0) is 22.7. The first-order valence-corrected chi connectivity index (χ1v) is 10.2. The van der Waals surface area contributed by atoms with Gasteiger partial charge in [-0.2, -0.15) is 13.2 Å². The van der Waals surface area contributed by atoms with Gasteiger partial charge in [-0.3, -0.25) is 0 Å². The van der Waals surface area contributed by atoms with Gasteiger partial charge < -0.3 is 0 Å². The van der Waals surface area contributed by atoms with Crippen LogP contribution in [0.3, 0.4) is 0 Å². The van der Waals surface area contributed by atoms with E-state index in [-0.39, 0.29) is 22.1 Å². The molecule has 5 rings (SSSR count). The highest BCUT2D eigenvalue weighted by Crippen LogP contribution is 2.38. The molecule has 3 aromatic carbocycles. The zero-order valence-corrected chi connectivity index (χ0v) is 17.7. The maximum absolute atomic E-state index is 13.7. The van der Waals surface area contributed by atoms with Gasteiger partial charge in [0.2, 0.25) is 0 Å². The molecule has 5 aromatic rings. The van der Waals surface area contributed by atoms with Crippen LogP contribution in [-0.4, -0.2) is 20.2 Å². The van der Waals surface area contributed by atoms with Gasteiger partial charge in [-0.05, 0) is 46.0 Å². The Balaban J connectivity index is 1.89. The van der Waals surface area contributed by atoms with Gasteiger partial charge in [0.05, 0.1) is 11.0 Å². The number of halogens is 3. The number of alkyl halides is 3. The lowest BCUT2D eigenvalue weighted by molar-refractivity contribution is -0.140. The van der Waals surface area contributed by atoms with E-state index in [2.05, 4.69) is 40.9 Å². The molecule has 2 aromatic heterocycles. The Hall–Kier alpha value is -3.61. The number of benzene rings is 3. The smallest absolute Gasteiger partial charge is 0.242 e. The lowest BCUT2D eigenvalue weighted by Crippen LogP contribution is -2.13. The standard InChI is InChI=1S/C25H19F3N4/c1-24(2,3)17-13-15(12-14-8-4-5-9-16(14)17)20-21-22(23(32-31-20)25(26,27)28)30-19-11-7-6-10-18(19)29-21/h4-13H,1-3H3. The molecule has 0 amide bonds. The molecule has 0 aliphatic rings. The van der Waals surface area contributed by atoms with E-state index >= 15 is 0 Å². The number of nitrogens with zero attached hydrogens (tertiary/aromatic N) is 4. The van der Waals surface area contributed by atoms with Crippen molar-refractivity contribution in [3.05, 3.63) is 71.9 Å². The molecule has 0 saturated carbocycles. The van der Waals surface area contributed by atoms with Crippen LogP contribution in [0, 0.1) is 0 Å². The van der Waals surface area contributed by atoms with Gasteiger partial charge in [-0.1, -0.05) is 57.2 Å². The van der Waals surface area contributed by atoms with Crippen LogP contribution < -0.4 is 0 Å². The largest absolute Gasteiger partial charge is 0.437 e. The van der Waals surface area contributed by atoms with Crippen molar-refractivity contribution in [1.82, 2.24) is 20.2 Å². The first-order chi connectivity index (χ1) is 15.1. The summed E-state index contributed by atoms with van der Waals surface area (Å²) in [4.78, 5) is 8.81. The molecule has 2 heterocycles. The van der Waals surface area contributed by atoms with Crippen LogP contribution >= 0.6 is 0 Å². The van der Waals surface area contributed by atoms with Crippen LogP contribution in [0.2, 0.25) is 0 Å². The minimum Gasteiger partial charge on any atom is -0.242 e. The Morgan fingerprint density at radius 3 is 2.00 bits per heavy atom. The van der Waals surface area contributed by atoms with Crippen LogP contribution in [0.25, 0.3) is 44.1 Å². The molecule has 160 valence electrons. The summed E-state index contributed by atoms with van der Waals surface area (Å²) in [6.45, 7) is 6.30. The van der Waals surface area contributed by atoms with Crippen molar-refractivity contribution in [1.29, 1.82) is 0 Å². The molecule has 0 unspecified atom stereocenters. The lowest BCUT2D eigenvalue weighted by atomic mass is 9.82. The van der Waals surface area contributed by atoms with Crippen molar-refractivity contribution in [2.24, 2.45) is 0 Å². The lowest BCUT2D eigenvalue weighted by Gasteiger charge is -2.23. The predicted octanol–water partition coefficient (Wildman–Crippen LogP) is 6.71. The Kier molecular flexibility index (Phi) is 4.41. The number of hydrogen-bond acceptors (Lipinski definition) is 4. The Labute approximate surface area is 182 Å². The topological polar surface area (TPSA) is 51.6 Å². The molecule has 0 spiro atoms.